The Morgan fingerprint density at radius 2 is 0.712 bits per heavy atom. The molecule has 0 spiro atoms. The molecule has 0 aliphatic heterocycles. The molecule has 2 atom stereocenters. The standard InChI is InChI=1S/C60H115NO5/c1-3-5-7-9-11-13-15-17-19-21-23-25-26-28-30-32-36-40-44-48-52-58(63)57(56-62)61-59(64)53-49-45-41-37-34-35-39-43-47-51-55-66-60(65)54-50-46-42-38-33-31-29-27-24-22-20-18-16-14-12-10-8-6-4-2/h18,20,48,52,57-58,62-63H,3-17,19,21-47,49-51,53-56H2,1-2H3,(H,61,64)/b20-18-,52-48+. The predicted molar refractivity (Wildman–Crippen MR) is 287 cm³/mol. The van der Waals surface area contributed by atoms with Gasteiger partial charge in [0.05, 0.1) is 25.4 Å². The van der Waals surface area contributed by atoms with Gasteiger partial charge in [0.1, 0.15) is 0 Å². The molecular weight excluding hydrogens is 815 g/mol. The van der Waals surface area contributed by atoms with Crippen molar-refractivity contribution in [2.75, 3.05) is 13.2 Å². The molecule has 0 fully saturated rings. The molecule has 6 heteroatoms. The van der Waals surface area contributed by atoms with Crippen molar-refractivity contribution in [2.24, 2.45) is 0 Å². The van der Waals surface area contributed by atoms with Gasteiger partial charge in [-0.1, -0.05) is 276 Å². The van der Waals surface area contributed by atoms with Crippen LogP contribution in [0.1, 0.15) is 322 Å². The van der Waals surface area contributed by atoms with Crippen LogP contribution >= 0.6 is 0 Å². The number of nitrogens with one attached hydrogen (secondary N) is 1. The van der Waals surface area contributed by atoms with E-state index >= 15 is 0 Å². The zero-order chi connectivity index (χ0) is 47.9. The van der Waals surface area contributed by atoms with E-state index in [0.717, 1.165) is 57.8 Å². The third-order valence-electron chi connectivity index (χ3n) is 13.7. The number of unbranched alkanes of at least 4 members (excludes halogenated alkanes) is 42. The molecular formula is C60H115NO5. The fourth-order valence-corrected chi connectivity index (χ4v) is 9.16. The van der Waals surface area contributed by atoms with Gasteiger partial charge in [0.15, 0.2) is 0 Å². The van der Waals surface area contributed by atoms with E-state index in [1.165, 1.54) is 238 Å². The number of hydrogen-bond donors (Lipinski definition) is 3. The van der Waals surface area contributed by atoms with Gasteiger partial charge in [-0.05, 0) is 57.8 Å². The van der Waals surface area contributed by atoms with Gasteiger partial charge in [-0.3, -0.25) is 9.59 Å². The van der Waals surface area contributed by atoms with Crippen LogP contribution in [0.25, 0.3) is 0 Å². The summed E-state index contributed by atoms with van der Waals surface area (Å²) < 4.78 is 5.48. The van der Waals surface area contributed by atoms with Crippen LogP contribution in [-0.4, -0.2) is 47.4 Å². The largest absolute Gasteiger partial charge is 0.466 e. The van der Waals surface area contributed by atoms with Gasteiger partial charge in [0.25, 0.3) is 0 Å². The van der Waals surface area contributed by atoms with Gasteiger partial charge < -0.3 is 20.3 Å². The lowest BCUT2D eigenvalue weighted by molar-refractivity contribution is -0.143. The van der Waals surface area contributed by atoms with Crippen molar-refractivity contribution in [1.29, 1.82) is 0 Å². The van der Waals surface area contributed by atoms with E-state index in [-0.39, 0.29) is 18.5 Å². The van der Waals surface area contributed by atoms with Gasteiger partial charge in [-0.2, -0.15) is 0 Å². The molecule has 0 bridgehead atoms. The highest BCUT2D eigenvalue weighted by atomic mass is 16.5. The van der Waals surface area contributed by atoms with Crippen LogP contribution in [0, 0.1) is 0 Å². The summed E-state index contributed by atoms with van der Waals surface area (Å²) >= 11 is 0. The van der Waals surface area contributed by atoms with Crippen LogP contribution in [0.4, 0.5) is 0 Å². The molecule has 0 radical (unpaired) electrons. The first-order valence-electron chi connectivity index (χ1n) is 29.6. The topological polar surface area (TPSA) is 95.9 Å². The summed E-state index contributed by atoms with van der Waals surface area (Å²) in [4.78, 5) is 24.6. The number of aliphatic hydroxyl groups is 2. The lowest BCUT2D eigenvalue weighted by atomic mass is 10.0. The highest BCUT2D eigenvalue weighted by Crippen LogP contribution is 2.17. The average molecular weight is 931 g/mol. The van der Waals surface area contributed by atoms with E-state index in [2.05, 4.69) is 31.3 Å². The lowest BCUT2D eigenvalue weighted by Gasteiger charge is -2.20. The van der Waals surface area contributed by atoms with Crippen molar-refractivity contribution in [1.82, 2.24) is 5.32 Å². The quantitative estimate of drug-likeness (QED) is 0.0321. The van der Waals surface area contributed by atoms with Gasteiger partial charge in [-0.15, -0.1) is 0 Å². The van der Waals surface area contributed by atoms with E-state index in [0.29, 0.717) is 19.4 Å². The fourth-order valence-electron chi connectivity index (χ4n) is 9.16. The first kappa shape index (κ1) is 64.3. The van der Waals surface area contributed by atoms with E-state index in [4.69, 9.17) is 4.74 Å². The SMILES string of the molecule is CCCCCCCC/C=C\CCCCCCCCCCCC(=O)OCCCCCCCCCCCCC(=O)NC(CO)C(O)/C=C/CCCCCCCCCCCCCCCCCCCC. The maximum atomic E-state index is 12.5. The Bertz CT molecular complexity index is 1030. The molecule has 0 aromatic carbocycles. The summed E-state index contributed by atoms with van der Waals surface area (Å²) in [5, 5.41) is 23.2. The smallest absolute Gasteiger partial charge is 0.305 e. The highest BCUT2D eigenvalue weighted by Gasteiger charge is 2.18. The van der Waals surface area contributed by atoms with Crippen LogP contribution in [0.15, 0.2) is 24.3 Å². The molecule has 0 aliphatic rings. The number of rotatable bonds is 55. The van der Waals surface area contributed by atoms with Crippen molar-refractivity contribution in [3.05, 3.63) is 24.3 Å². The van der Waals surface area contributed by atoms with Gasteiger partial charge >= 0.3 is 5.97 Å². The molecule has 0 heterocycles. The molecule has 0 saturated carbocycles. The summed E-state index contributed by atoms with van der Waals surface area (Å²) in [6.45, 7) is 4.87. The van der Waals surface area contributed by atoms with E-state index in [9.17, 15) is 19.8 Å². The molecule has 0 aromatic rings. The Labute approximate surface area is 411 Å². The monoisotopic (exact) mass is 930 g/mol. The van der Waals surface area contributed by atoms with Crippen LogP contribution in [0.5, 0.6) is 0 Å². The molecule has 0 aliphatic carbocycles. The first-order valence-corrected chi connectivity index (χ1v) is 29.6. The summed E-state index contributed by atoms with van der Waals surface area (Å²) in [7, 11) is 0. The van der Waals surface area contributed by atoms with E-state index in [1.54, 1.807) is 6.08 Å². The van der Waals surface area contributed by atoms with E-state index in [1.807, 2.05) is 6.08 Å². The molecule has 0 aromatic heterocycles. The maximum Gasteiger partial charge on any atom is 0.305 e. The molecule has 0 rings (SSSR count). The molecule has 390 valence electrons. The number of carbonyl (C=O) groups is 2. The van der Waals surface area contributed by atoms with Crippen molar-refractivity contribution in [3.63, 3.8) is 0 Å². The summed E-state index contributed by atoms with van der Waals surface area (Å²) in [6, 6.07) is -0.645. The molecule has 2 unspecified atom stereocenters. The number of aliphatic hydroxyl groups excluding tert-OH is 2. The van der Waals surface area contributed by atoms with Crippen LogP contribution in [-0.2, 0) is 14.3 Å². The maximum absolute atomic E-state index is 12.5. The molecule has 6 nitrogen and oxygen atoms in total. The Morgan fingerprint density at radius 3 is 1.08 bits per heavy atom. The second kappa shape index (κ2) is 55.9. The summed E-state index contributed by atoms with van der Waals surface area (Å²) in [5.41, 5.74) is 0. The fraction of sp³-hybridized carbons (Fsp3) is 0.900. The Hall–Kier alpha value is -1.66. The van der Waals surface area contributed by atoms with Crippen LogP contribution in [0.3, 0.4) is 0 Å². The van der Waals surface area contributed by atoms with Gasteiger partial charge in [0.2, 0.25) is 5.91 Å². The third kappa shape index (κ3) is 51.7. The third-order valence-corrected chi connectivity index (χ3v) is 13.7. The Balaban J connectivity index is 3.49. The minimum Gasteiger partial charge on any atom is -0.466 e. The zero-order valence-corrected chi connectivity index (χ0v) is 44.4. The first-order chi connectivity index (χ1) is 32.5. The predicted octanol–water partition coefficient (Wildman–Crippen LogP) is 18.2. The minimum absolute atomic E-state index is 0.0206. The van der Waals surface area contributed by atoms with Crippen LogP contribution in [0.2, 0.25) is 0 Å². The normalized spacial score (nSPS) is 12.7. The number of esters is 1. The summed E-state index contributed by atoms with van der Waals surface area (Å²) in [6.07, 6.45) is 67.7. The molecule has 0 saturated heterocycles. The number of amides is 1. The zero-order valence-electron chi connectivity index (χ0n) is 44.4. The van der Waals surface area contributed by atoms with Crippen LogP contribution < -0.4 is 5.32 Å². The lowest BCUT2D eigenvalue weighted by Crippen LogP contribution is -2.45. The Kier molecular flexibility index (Phi) is 54.5. The molecule has 3 N–H and O–H groups in total. The highest BCUT2D eigenvalue weighted by molar-refractivity contribution is 5.76. The van der Waals surface area contributed by atoms with E-state index < -0.39 is 12.1 Å². The second-order valence-electron chi connectivity index (χ2n) is 20.3. The minimum atomic E-state index is -0.860. The van der Waals surface area contributed by atoms with Gasteiger partial charge in [0, 0.05) is 12.8 Å². The number of ether oxygens (including phenoxy) is 1. The number of allylic oxidation sites excluding steroid dienone is 3. The molecule has 66 heavy (non-hydrogen) atoms. The number of hydrogen-bond acceptors (Lipinski definition) is 5. The Morgan fingerprint density at radius 1 is 0.409 bits per heavy atom. The van der Waals surface area contributed by atoms with Crippen molar-refractivity contribution in [3.8, 4) is 0 Å². The van der Waals surface area contributed by atoms with Crippen molar-refractivity contribution < 1.29 is 24.5 Å². The average Bonchev–Trinajstić information content (AvgIpc) is 3.32. The molecule has 1 amide bonds. The second-order valence-corrected chi connectivity index (χ2v) is 20.3. The van der Waals surface area contributed by atoms with Gasteiger partial charge in [-0.25, -0.2) is 0 Å². The summed E-state index contributed by atoms with van der Waals surface area (Å²) in [5.74, 6) is -0.109. The van der Waals surface area contributed by atoms with Crippen molar-refractivity contribution >= 4 is 11.9 Å². The number of carbonyl (C=O) groups excluding carboxylic acids is 2. The van der Waals surface area contributed by atoms with Crippen molar-refractivity contribution in [2.45, 2.75) is 334 Å².